The first-order valence-corrected chi connectivity index (χ1v) is 10.0. The van der Waals surface area contributed by atoms with Crippen LogP contribution < -0.4 is 14.8 Å². The quantitative estimate of drug-likeness (QED) is 0.558. The summed E-state index contributed by atoms with van der Waals surface area (Å²) in [4.78, 5) is 20.9. The Bertz CT molecular complexity index is 996. The molecule has 30 heavy (non-hydrogen) atoms. The van der Waals surface area contributed by atoms with Gasteiger partial charge in [0.2, 0.25) is 5.89 Å². The number of aryl methyl sites for hydroxylation is 1. The van der Waals surface area contributed by atoms with Crippen molar-refractivity contribution in [2.24, 2.45) is 0 Å². The van der Waals surface area contributed by atoms with Crippen LogP contribution in [0, 0.1) is 6.92 Å². The van der Waals surface area contributed by atoms with E-state index in [0.29, 0.717) is 28.8 Å². The summed E-state index contributed by atoms with van der Waals surface area (Å²) >= 11 is 0. The lowest BCUT2D eigenvalue weighted by Crippen LogP contribution is -2.24. The molecule has 7 heteroatoms. The maximum atomic E-state index is 12.3. The van der Waals surface area contributed by atoms with E-state index in [-0.39, 0.29) is 18.6 Å². The van der Waals surface area contributed by atoms with Crippen LogP contribution in [0.4, 0.5) is 0 Å². The van der Waals surface area contributed by atoms with Crippen LogP contribution in [0.2, 0.25) is 0 Å². The Morgan fingerprint density at radius 3 is 2.70 bits per heavy atom. The summed E-state index contributed by atoms with van der Waals surface area (Å²) in [6.07, 6.45) is 5.05. The third-order valence-electron chi connectivity index (χ3n) is 4.82. The molecule has 0 saturated carbocycles. The molecule has 158 valence electrons. The molecule has 0 fully saturated rings. The number of nitrogens with one attached hydrogen (secondary N) is 1. The summed E-state index contributed by atoms with van der Waals surface area (Å²) in [6, 6.07) is 9.21. The van der Waals surface area contributed by atoms with Gasteiger partial charge in [-0.25, -0.2) is 4.98 Å². The lowest BCUT2D eigenvalue weighted by Gasteiger charge is -2.18. The van der Waals surface area contributed by atoms with Crippen LogP contribution in [-0.4, -0.2) is 29.1 Å². The number of aromatic nitrogens is 2. The predicted molar refractivity (Wildman–Crippen MR) is 114 cm³/mol. The minimum Gasteiger partial charge on any atom is -0.493 e. The topological polar surface area (TPSA) is 86.5 Å². The summed E-state index contributed by atoms with van der Waals surface area (Å²) in [5, 5.41) is 2.82. The highest BCUT2D eigenvalue weighted by molar-refractivity contribution is 5.93. The van der Waals surface area contributed by atoms with Gasteiger partial charge in [-0.3, -0.25) is 9.78 Å². The number of nitrogens with zero attached hydrogens (tertiary/aromatic N) is 2. The number of benzene rings is 1. The monoisotopic (exact) mass is 409 g/mol. The Morgan fingerprint density at radius 2 is 2.00 bits per heavy atom. The maximum absolute atomic E-state index is 12.3. The Hall–Kier alpha value is -3.35. The zero-order chi connectivity index (χ0) is 21.5. The van der Waals surface area contributed by atoms with E-state index in [1.54, 1.807) is 19.4 Å². The average Bonchev–Trinajstić information content (AvgIpc) is 3.25. The molecule has 0 spiro atoms. The Labute approximate surface area is 176 Å². The molecule has 0 radical (unpaired) electrons. The van der Waals surface area contributed by atoms with Gasteiger partial charge < -0.3 is 19.2 Å². The highest BCUT2D eigenvalue weighted by Crippen LogP contribution is 2.33. The van der Waals surface area contributed by atoms with Crippen LogP contribution >= 0.6 is 0 Å². The van der Waals surface area contributed by atoms with Crippen molar-refractivity contribution in [3.05, 3.63) is 59.7 Å². The normalized spacial score (nSPS) is 10.8. The van der Waals surface area contributed by atoms with Crippen molar-refractivity contribution in [1.29, 1.82) is 0 Å². The van der Waals surface area contributed by atoms with E-state index in [4.69, 9.17) is 13.9 Å². The first kappa shape index (κ1) is 21.4. The summed E-state index contributed by atoms with van der Waals surface area (Å²) in [5.41, 5.74) is 2.61. The second-order valence-corrected chi connectivity index (χ2v) is 6.92. The fourth-order valence-electron chi connectivity index (χ4n) is 3.04. The number of pyridine rings is 1. The van der Waals surface area contributed by atoms with Crippen LogP contribution in [0.15, 0.2) is 47.2 Å². The van der Waals surface area contributed by atoms with Crippen LogP contribution in [0.1, 0.15) is 48.4 Å². The second-order valence-electron chi connectivity index (χ2n) is 6.92. The molecule has 1 N–H and O–H groups in total. The summed E-state index contributed by atoms with van der Waals surface area (Å²) in [5.74, 6) is 1.52. The third-order valence-corrected chi connectivity index (χ3v) is 4.82. The van der Waals surface area contributed by atoms with Gasteiger partial charge in [-0.15, -0.1) is 0 Å². The molecule has 2 heterocycles. The molecule has 0 aliphatic heterocycles. The van der Waals surface area contributed by atoms with E-state index in [2.05, 4.69) is 29.1 Å². The fraction of sp³-hybridized carbons (Fsp3) is 0.348. The first-order chi connectivity index (χ1) is 14.5. The Morgan fingerprint density at radius 1 is 1.20 bits per heavy atom. The molecular weight excluding hydrogens is 382 g/mol. The number of ether oxygens (including phenoxy) is 2. The molecule has 0 aliphatic carbocycles. The molecule has 0 saturated heterocycles. The standard InChI is InChI=1S/C23H27N3O4/c1-5-18(6-2)30-20-12-16(9-10-19(20)28-4)23-26-17(14-29-23)13-25-22(27)21-15(3)8-7-11-24-21/h7-12,14,18H,5-6,13H2,1-4H3,(H,25,27). The summed E-state index contributed by atoms with van der Waals surface area (Å²) in [6.45, 7) is 6.27. The van der Waals surface area contributed by atoms with Gasteiger partial charge in [0.15, 0.2) is 11.5 Å². The molecule has 0 bridgehead atoms. The number of amides is 1. The number of hydrogen-bond donors (Lipinski definition) is 1. The number of oxazole rings is 1. The number of hydrogen-bond acceptors (Lipinski definition) is 6. The molecule has 3 rings (SSSR count). The van der Waals surface area contributed by atoms with Crippen LogP contribution in [0.5, 0.6) is 11.5 Å². The van der Waals surface area contributed by atoms with E-state index in [9.17, 15) is 4.79 Å². The van der Waals surface area contributed by atoms with Gasteiger partial charge in [-0.2, -0.15) is 0 Å². The van der Waals surface area contributed by atoms with Crippen molar-refractivity contribution in [1.82, 2.24) is 15.3 Å². The van der Waals surface area contributed by atoms with Gasteiger partial charge in [0, 0.05) is 11.8 Å². The zero-order valence-corrected chi connectivity index (χ0v) is 17.8. The highest BCUT2D eigenvalue weighted by atomic mass is 16.5. The van der Waals surface area contributed by atoms with Gasteiger partial charge in [-0.1, -0.05) is 19.9 Å². The molecule has 3 aromatic rings. The van der Waals surface area contributed by atoms with Crippen molar-refractivity contribution >= 4 is 5.91 Å². The highest BCUT2D eigenvalue weighted by Gasteiger charge is 2.15. The minimum absolute atomic E-state index is 0.111. The van der Waals surface area contributed by atoms with E-state index in [0.717, 1.165) is 24.0 Å². The van der Waals surface area contributed by atoms with Gasteiger partial charge in [0.05, 0.1) is 25.5 Å². The van der Waals surface area contributed by atoms with Crippen LogP contribution in [0.3, 0.4) is 0 Å². The molecule has 1 amide bonds. The Balaban J connectivity index is 1.72. The number of carbonyl (C=O) groups excluding carboxylic acids is 1. The van der Waals surface area contributed by atoms with E-state index >= 15 is 0 Å². The van der Waals surface area contributed by atoms with Gasteiger partial charge >= 0.3 is 0 Å². The molecule has 0 unspecified atom stereocenters. The van der Waals surface area contributed by atoms with Crippen molar-refractivity contribution in [3.8, 4) is 23.0 Å². The van der Waals surface area contributed by atoms with Crippen LogP contribution in [-0.2, 0) is 6.54 Å². The number of rotatable bonds is 9. The summed E-state index contributed by atoms with van der Waals surface area (Å²) < 4.78 is 17.1. The fourth-order valence-corrected chi connectivity index (χ4v) is 3.04. The smallest absolute Gasteiger partial charge is 0.270 e. The van der Waals surface area contributed by atoms with E-state index in [1.165, 1.54) is 6.26 Å². The zero-order valence-electron chi connectivity index (χ0n) is 17.8. The second kappa shape index (κ2) is 9.91. The lowest BCUT2D eigenvalue weighted by molar-refractivity contribution is 0.0944. The van der Waals surface area contributed by atoms with Crippen molar-refractivity contribution in [2.75, 3.05) is 7.11 Å². The lowest BCUT2D eigenvalue weighted by atomic mass is 10.2. The van der Waals surface area contributed by atoms with Gasteiger partial charge in [0.1, 0.15) is 12.0 Å². The Kier molecular flexibility index (Phi) is 7.06. The third kappa shape index (κ3) is 4.97. The van der Waals surface area contributed by atoms with Gasteiger partial charge in [-0.05, 0) is 49.6 Å². The predicted octanol–water partition coefficient (Wildman–Crippen LogP) is 4.55. The molecular formula is C23H27N3O4. The minimum atomic E-state index is -0.247. The average molecular weight is 409 g/mol. The SMILES string of the molecule is CCC(CC)Oc1cc(-c2nc(CNC(=O)c3ncccc3C)co2)ccc1OC. The van der Waals surface area contributed by atoms with E-state index in [1.807, 2.05) is 31.2 Å². The largest absolute Gasteiger partial charge is 0.493 e. The van der Waals surface area contributed by atoms with Gasteiger partial charge in [0.25, 0.3) is 5.91 Å². The van der Waals surface area contributed by atoms with Crippen molar-refractivity contribution in [2.45, 2.75) is 46.3 Å². The molecule has 2 aromatic heterocycles. The molecule has 0 aliphatic rings. The first-order valence-electron chi connectivity index (χ1n) is 10.0. The molecule has 1 aromatic carbocycles. The maximum Gasteiger partial charge on any atom is 0.270 e. The molecule has 0 atom stereocenters. The van der Waals surface area contributed by atoms with Crippen molar-refractivity contribution in [3.63, 3.8) is 0 Å². The number of carbonyl (C=O) groups is 1. The van der Waals surface area contributed by atoms with Crippen molar-refractivity contribution < 1.29 is 18.7 Å². The van der Waals surface area contributed by atoms with E-state index < -0.39 is 0 Å². The number of methoxy groups -OCH3 is 1. The molecule has 7 nitrogen and oxygen atoms in total. The van der Waals surface area contributed by atoms with Crippen LogP contribution in [0.25, 0.3) is 11.5 Å². The summed E-state index contributed by atoms with van der Waals surface area (Å²) in [7, 11) is 1.62.